The van der Waals surface area contributed by atoms with E-state index in [1.807, 2.05) is 0 Å². The van der Waals surface area contributed by atoms with Crippen LogP contribution in [0.4, 0.5) is 17.6 Å². The molecule has 12 heteroatoms. The number of carbonyl (C=O) groups is 1. The number of morpholine rings is 1. The molecule has 1 aromatic carbocycles. The predicted octanol–water partition coefficient (Wildman–Crippen LogP) is 3.75. The third-order valence-corrected chi connectivity index (χ3v) is 5.93. The molecule has 32 heavy (non-hydrogen) atoms. The number of benzene rings is 1. The molecule has 0 spiro atoms. The maximum atomic E-state index is 14.3. The number of hydrogen-bond acceptors (Lipinski definition) is 5. The molecule has 4 heterocycles. The molecule has 2 aliphatic rings. The first kappa shape index (κ1) is 20.8. The molecule has 166 valence electrons. The van der Waals surface area contributed by atoms with Crippen molar-refractivity contribution in [1.82, 2.24) is 24.6 Å². The van der Waals surface area contributed by atoms with E-state index >= 15 is 0 Å². The van der Waals surface area contributed by atoms with Gasteiger partial charge in [0.1, 0.15) is 11.7 Å². The Morgan fingerprint density at radius 2 is 1.97 bits per heavy atom. The highest BCUT2D eigenvalue weighted by Gasteiger charge is 2.45. The largest absolute Gasteiger partial charge is 0.417 e. The zero-order valence-electron chi connectivity index (χ0n) is 16.2. The van der Waals surface area contributed by atoms with Gasteiger partial charge in [-0.05, 0) is 24.3 Å². The number of hydrogen-bond donors (Lipinski definition) is 0. The highest BCUT2D eigenvalue weighted by atomic mass is 35.5. The van der Waals surface area contributed by atoms with Crippen molar-refractivity contribution in [1.29, 1.82) is 0 Å². The first-order chi connectivity index (χ1) is 15.3. The number of alkyl halides is 3. The van der Waals surface area contributed by atoms with Crippen molar-refractivity contribution in [2.45, 2.75) is 24.8 Å². The van der Waals surface area contributed by atoms with Crippen LogP contribution < -0.4 is 0 Å². The molecule has 1 unspecified atom stereocenters. The van der Waals surface area contributed by atoms with Crippen molar-refractivity contribution in [2.75, 3.05) is 13.2 Å². The van der Waals surface area contributed by atoms with Crippen LogP contribution in [0.15, 0.2) is 36.5 Å². The molecular formula is C20H14ClF4N5O2. The van der Waals surface area contributed by atoms with Crippen molar-refractivity contribution in [3.8, 4) is 11.5 Å². The average molecular weight is 468 g/mol. The number of nitrogens with zero attached hydrogens (tertiary/aromatic N) is 5. The summed E-state index contributed by atoms with van der Waals surface area (Å²) in [6, 6.07) is 4.65. The van der Waals surface area contributed by atoms with Gasteiger partial charge < -0.3 is 14.2 Å². The third-order valence-electron chi connectivity index (χ3n) is 5.53. The van der Waals surface area contributed by atoms with Crippen LogP contribution in [0.1, 0.15) is 27.8 Å². The minimum atomic E-state index is -4.70. The SMILES string of the molecule is O=C(c1cccc(C(F)(F)F)c1Cl)N1C2COC[C@@H]1c1nnc(-c3ncccc3F)n1C2. The summed E-state index contributed by atoms with van der Waals surface area (Å²) in [7, 11) is 0. The van der Waals surface area contributed by atoms with Crippen molar-refractivity contribution in [3.63, 3.8) is 0 Å². The maximum absolute atomic E-state index is 14.3. The van der Waals surface area contributed by atoms with E-state index in [9.17, 15) is 22.4 Å². The molecule has 5 rings (SSSR count). The number of rotatable bonds is 2. The van der Waals surface area contributed by atoms with Gasteiger partial charge in [0, 0.05) is 12.7 Å². The second-order valence-electron chi connectivity index (χ2n) is 7.41. The fourth-order valence-corrected chi connectivity index (χ4v) is 4.42. The fraction of sp³-hybridized carbons (Fsp3) is 0.300. The minimum Gasteiger partial charge on any atom is -0.377 e. The first-order valence-electron chi connectivity index (χ1n) is 9.57. The van der Waals surface area contributed by atoms with Crippen LogP contribution in [0.2, 0.25) is 5.02 Å². The summed E-state index contributed by atoms with van der Waals surface area (Å²) in [6.07, 6.45) is -3.27. The third kappa shape index (κ3) is 3.23. The van der Waals surface area contributed by atoms with Gasteiger partial charge in [-0.3, -0.25) is 4.79 Å². The molecule has 0 aliphatic carbocycles. The number of carbonyl (C=O) groups excluding carboxylic acids is 1. The Bertz CT molecular complexity index is 1210. The van der Waals surface area contributed by atoms with Gasteiger partial charge in [-0.25, -0.2) is 9.37 Å². The lowest BCUT2D eigenvalue weighted by atomic mass is 10.0. The Morgan fingerprint density at radius 1 is 1.16 bits per heavy atom. The lowest BCUT2D eigenvalue weighted by Crippen LogP contribution is -2.56. The molecule has 7 nitrogen and oxygen atoms in total. The van der Waals surface area contributed by atoms with Crippen LogP contribution in [-0.4, -0.2) is 49.8 Å². The lowest BCUT2D eigenvalue weighted by Gasteiger charge is -2.45. The van der Waals surface area contributed by atoms with Gasteiger partial charge in [0.25, 0.3) is 5.91 Å². The fourth-order valence-electron chi connectivity index (χ4n) is 4.11. The summed E-state index contributed by atoms with van der Waals surface area (Å²) >= 11 is 5.98. The van der Waals surface area contributed by atoms with Gasteiger partial charge in [-0.15, -0.1) is 10.2 Å². The average Bonchev–Trinajstić information content (AvgIpc) is 3.16. The highest BCUT2D eigenvalue weighted by Crippen LogP contribution is 2.40. The molecule has 0 radical (unpaired) electrons. The zero-order chi connectivity index (χ0) is 22.6. The van der Waals surface area contributed by atoms with Crippen LogP contribution in [0.5, 0.6) is 0 Å². The Balaban J connectivity index is 1.56. The molecule has 1 amide bonds. The van der Waals surface area contributed by atoms with Crippen molar-refractivity contribution < 1.29 is 27.1 Å². The molecule has 2 aliphatic heterocycles. The number of ether oxygens (including phenoxy) is 1. The van der Waals surface area contributed by atoms with E-state index in [1.54, 1.807) is 4.57 Å². The molecule has 2 bridgehead atoms. The van der Waals surface area contributed by atoms with E-state index in [0.717, 1.165) is 12.1 Å². The van der Waals surface area contributed by atoms with Crippen LogP contribution in [0.25, 0.3) is 11.5 Å². The summed E-state index contributed by atoms with van der Waals surface area (Å²) in [5.74, 6) is -0.700. The van der Waals surface area contributed by atoms with E-state index < -0.39 is 40.6 Å². The standard InChI is InChI=1S/C20H14ClF4N5O2/c21-15-11(3-1-4-12(15)20(23,24)25)19(31)30-10-7-29-17(14(30)9-32-8-10)27-28-18(29)16-13(22)5-2-6-26-16/h1-6,10,14H,7-9H2/t10?,14-/m1/s1. The number of pyridine rings is 1. The number of amides is 1. The molecule has 1 fully saturated rings. The van der Waals surface area contributed by atoms with Gasteiger partial charge >= 0.3 is 6.18 Å². The monoisotopic (exact) mass is 467 g/mol. The van der Waals surface area contributed by atoms with Crippen LogP contribution in [-0.2, 0) is 17.5 Å². The molecule has 0 N–H and O–H groups in total. The Morgan fingerprint density at radius 3 is 2.72 bits per heavy atom. The summed E-state index contributed by atoms with van der Waals surface area (Å²) in [4.78, 5) is 18.8. The van der Waals surface area contributed by atoms with Gasteiger partial charge in [0.2, 0.25) is 0 Å². The van der Waals surface area contributed by atoms with E-state index in [0.29, 0.717) is 5.82 Å². The Hall–Kier alpha value is -3.05. The Kier molecular flexibility index (Phi) is 4.90. The molecule has 2 atom stereocenters. The van der Waals surface area contributed by atoms with Gasteiger partial charge in [0.05, 0.1) is 35.4 Å². The van der Waals surface area contributed by atoms with Crippen molar-refractivity contribution in [3.05, 3.63) is 64.3 Å². The van der Waals surface area contributed by atoms with E-state index in [-0.39, 0.29) is 36.8 Å². The molecule has 0 saturated carbocycles. The predicted molar refractivity (Wildman–Crippen MR) is 103 cm³/mol. The number of fused-ring (bicyclic) bond motifs is 4. The molecular weight excluding hydrogens is 454 g/mol. The summed E-state index contributed by atoms with van der Waals surface area (Å²) < 4.78 is 61.3. The van der Waals surface area contributed by atoms with Crippen molar-refractivity contribution >= 4 is 17.5 Å². The minimum absolute atomic E-state index is 0.0194. The zero-order valence-corrected chi connectivity index (χ0v) is 16.9. The summed E-state index contributed by atoms with van der Waals surface area (Å²) in [5.41, 5.74) is -1.33. The quantitative estimate of drug-likeness (QED) is 0.537. The van der Waals surface area contributed by atoms with Crippen LogP contribution in [0, 0.1) is 5.82 Å². The normalized spacial score (nSPS) is 20.2. The van der Waals surface area contributed by atoms with Gasteiger partial charge in [-0.2, -0.15) is 13.2 Å². The number of aromatic nitrogens is 4. The highest BCUT2D eigenvalue weighted by molar-refractivity contribution is 6.34. The van der Waals surface area contributed by atoms with Crippen LogP contribution in [0.3, 0.4) is 0 Å². The van der Waals surface area contributed by atoms with Gasteiger partial charge in [0.15, 0.2) is 17.5 Å². The molecule has 2 aromatic heterocycles. The van der Waals surface area contributed by atoms with E-state index in [1.165, 1.54) is 29.3 Å². The van der Waals surface area contributed by atoms with E-state index in [2.05, 4.69) is 15.2 Å². The van der Waals surface area contributed by atoms with E-state index in [4.69, 9.17) is 16.3 Å². The molecule has 3 aromatic rings. The van der Waals surface area contributed by atoms with Crippen molar-refractivity contribution in [2.24, 2.45) is 0 Å². The molecule has 1 saturated heterocycles. The first-order valence-corrected chi connectivity index (χ1v) is 9.95. The van der Waals surface area contributed by atoms with Gasteiger partial charge in [-0.1, -0.05) is 17.7 Å². The smallest absolute Gasteiger partial charge is 0.377 e. The van der Waals surface area contributed by atoms with Crippen LogP contribution >= 0.6 is 11.6 Å². The topological polar surface area (TPSA) is 73.1 Å². The second kappa shape index (κ2) is 7.52. The maximum Gasteiger partial charge on any atom is 0.417 e. The number of halogens is 5. The summed E-state index contributed by atoms with van der Waals surface area (Å²) in [6.45, 7) is 0.356. The summed E-state index contributed by atoms with van der Waals surface area (Å²) in [5, 5.41) is 7.52. The lowest BCUT2D eigenvalue weighted by molar-refractivity contribution is -0.137. The Labute approximate surface area is 183 Å². The second-order valence-corrected chi connectivity index (χ2v) is 7.79.